The van der Waals surface area contributed by atoms with Crippen LogP contribution in [0.5, 0.6) is 0 Å². The Labute approximate surface area is 513 Å². The van der Waals surface area contributed by atoms with E-state index in [9.17, 15) is 0 Å². The van der Waals surface area contributed by atoms with E-state index >= 15 is 0 Å². The number of hydrogen-bond donors (Lipinski definition) is 0. The smallest absolute Gasteiger partial charge is 0.277 e. The first-order chi connectivity index (χ1) is 41.9. The van der Waals surface area contributed by atoms with Gasteiger partial charge < -0.3 is 27.5 Å². The summed E-state index contributed by atoms with van der Waals surface area (Å²) in [6.45, 7) is 20.9. The van der Waals surface area contributed by atoms with Crippen molar-refractivity contribution >= 4 is 143 Å². The molecule has 17 rings (SSSR count). The number of nitrogens with zero attached hydrogens (tertiary/aromatic N) is 2. The predicted octanol–water partition coefficient (Wildman–Crippen LogP) is 21.7. The Morgan fingerprint density at radius 3 is 0.966 bits per heavy atom. The molecule has 0 spiro atoms. The van der Waals surface area contributed by atoms with Gasteiger partial charge in [-0.1, -0.05) is 147 Å². The summed E-state index contributed by atoms with van der Waals surface area (Å²) in [4.78, 5) is 5.23. The number of hydrogen-bond acceptors (Lipinski definition) is 8. The maximum atomic E-state index is 6.83. The van der Waals surface area contributed by atoms with Crippen LogP contribution in [-0.4, -0.2) is 6.71 Å². The third kappa shape index (κ3) is 8.33. The van der Waals surface area contributed by atoms with Crippen LogP contribution in [0, 0.1) is 0 Å². The van der Waals surface area contributed by atoms with Crippen molar-refractivity contribution in [2.24, 2.45) is 0 Å². The highest BCUT2D eigenvalue weighted by Gasteiger charge is 2.48. The summed E-state index contributed by atoms with van der Waals surface area (Å²) in [5, 5.41) is 6.70. The van der Waals surface area contributed by atoms with Gasteiger partial charge in [0.1, 0.15) is 45.4 Å². The van der Waals surface area contributed by atoms with Crippen molar-refractivity contribution in [3.63, 3.8) is 0 Å². The van der Waals surface area contributed by atoms with E-state index < -0.39 is 0 Å². The lowest BCUT2D eigenvalue weighted by molar-refractivity contribution is 0.590. The molecule has 8 heterocycles. The summed E-state index contributed by atoms with van der Waals surface area (Å²) in [6.07, 6.45) is 0. The number of rotatable bonds is 6. The molecule has 0 amide bonds. The molecule has 0 atom stereocenters. The van der Waals surface area contributed by atoms with Crippen LogP contribution in [0.3, 0.4) is 0 Å². The van der Waals surface area contributed by atoms with E-state index in [1.807, 2.05) is 46.9 Å². The standard InChI is InChI=1S/C78H61BN2O4S2/c1-76(2,3)52-26-28-69-57(40-52)72-74(86-69)79-71-59(80(72)55-32-48(65-36-44-18-10-14-22-61(44)82-65)30-49(33-55)66-37-45-19-11-15-23-62(45)83-66)42-54(78(7,8)9)43-60(71)81(73-58-41-53(77(4,5)6)27-29-70(58)87-75(73)79)56-34-50(67-38-46-20-12-16-24-63(46)84-67)31-51(35-56)68-39-47-21-13-17-25-64(47)85-68/h10-43H,1-9H3. The number of anilines is 6. The van der Waals surface area contributed by atoms with Gasteiger partial charge in [-0.2, -0.15) is 0 Å². The zero-order valence-electron chi connectivity index (χ0n) is 50.1. The van der Waals surface area contributed by atoms with Crippen LogP contribution in [0.4, 0.5) is 34.1 Å². The molecular weight excluding hydrogens is 1100 g/mol. The van der Waals surface area contributed by atoms with Crippen molar-refractivity contribution in [2.75, 3.05) is 9.80 Å². The normalized spacial score (nSPS) is 13.5. The fourth-order valence-electron chi connectivity index (χ4n) is 13.4. The van der Waals surface area contributed by atoms with Gasteiger partial charge >= 0.3 is 0 Å². The van der Waals surface area contributed by atoms with Crippen molar-refractivity contribution in [1.29, 1.82) is 0 Å². The highest BCUT2D eigenvalue weighted by molar-refractivity contribution is 7.40. The maximum absolute atomic E-state index is 6.83. The topological polar surface area (TPSA) is 59.0 Å². The summed E-state index contributed by atoms with van der Waals surface area (Å²) < 4.78 is 32.5. The third-order valence-electron chi connectivity index (χ3n) is 18.0. The van der Waals surface area contributed by atoms with E-state index in [0.29, 0.717) is 0 Å². The van der Waals surface area contributed by atoms with Gasteiger partial charge in [0.25, 0.3) is 6.71 Å². The summed E-state index contributed by atoms with van der Waals surface area (Å²) in [7, 11) is 0. The molecule has 422 valence electrons. The molecule has 0 N–H and O–H groups in total. The Bertz CT molecular complexity index is 4710. The number of furan rings is 4. The zero-order valence-corrected chi connectivity index (χ0v) is 51.7. The van der Waals surface area contributed by atoms with Crippen LogP contribution < -0.4 is 24.8 Å². The van der Waals surface area contributed by atoms with Gasteiger partial charge in [-0.15, -0.1) is 22.7 Å². The van der Waals surface area contributed by atoms with E-state index in [1.165, 1.54) is 63.3 Å². The second-order valence-electron chi connectivity index (χ2n) is 27.0. The average molecular weight is 1170 g/mol. The van der Waals surface area contributed by atoms with Crippen molar-refractivity contribution in [2.45, 2.75) is 78.6 Å². The lowest BCUT2D eigenvalue weighted by Crippen LogP contribution is -2.59. The Hall–Kier alpha value is -9.28. The average Bonchev–Trinajstić information content (AvgIpc) is 1.64. The van der Waals surface area contributed by atoms with Crippen molar-refractivity contribution < 1.29 is 17.7 Å². The number of thiophene rings is 2. The Kier molecular flexibility index (Phi) is 11.1. The van der Waals surface area contributed by atoms with E-state index in [4.69, 9.17) is 17.7 Å². The Morgan fingerprint density at radius 2 is 0.655 bits per heavy atom. The van der Waals surface area contributed by atoms with Crippen LogP contribution in [0.25, 0.3) is 109 Å². The summed E-state index contributed by atoms with van der Waals surface area (Å²) in [5.41, 5.74) is 18.5. The van der Waals surface area contributed by atoms with Crippen molar-refractivity contribution in [1.82, 2.24) is 0 Å². The first kappa shape index (κ1) is 52.1. The molecule has 0 saturated carbocycles. The molecule has 2 aliphatic heterocycles. The summed E-state index contributed by atoms with van der Waals surface area (Å²) in [6, 6.07) is 75.2. The number of para-hydroxylation sites is 4. The molecule has 6 nitrogen and oxygen atoms in total. The molecule has 0 saturated heterocycles. The highest BCUT2D eigenvalue weighted by Crippen LogP contribution is 2.54. The SMILES string of the molecule is CC(C)(C)c1cc2c3c(c1)N(c1cc(-c4cc5ccccc5o4)cc(-c4cc5ccccc5o4)c1)c1c(sc4ccc(C(C)(C)C)cc14)B3c1sc3ccc(C(C)(C)C)cc3c1N2c1cc(-c2cc3ccccc3o2)cc(-c2cc3ccccc3o2)c1. The molecule has 15 aromatic rings. The van der Waals surface area contributed by atoms with E-state index in [1.54, 1.807) is 0 Å². The molecular formula is C78H61BN2O4S2. The quantitative estimate of drug-likeness (QED) is 0.155. The number of benzene rings is 9. The Balaban J connectivity index is 1.00. The maximum Gasteiger partial charge on any atom is 0.277 e. The predicted molar refractivity (Wildman–Crippen MR) is 368 cm³/mol. The van der Waals surface area contributed by atoms with E-state index in [0.717, 1.165) is 112 Å². The minimum atomic E-state index is -0.281. The van der Waals surface area contributed by atoms with Gasteiger partial charge in [-0.25, -0.2) is 0 Å². The number of fused-ring (bicyclic) bond motifs is 12. The third-order valence-corrected chi connectivity index (χ3v) is 20.5. The van der Waals surface area contributed by atoms with Crippen molar-refractivity contribution in [3.8, 4) is 45.3 Å². The first-order valence-corrected chi connectivity index (χ1v) is 31.8. The second kappa shape index (κ2) is 18.6. The largest absolute Gasteiger partial charge is 0.456 e. The van der Waals surface area contributed by atoms with E-state index in [-0.39, 0.29) is 23.0 Å². The van der Waals surface area contributed by atoms with Gasteiger partial charge in [-0.3, -0.25) is 0 Å². The lowest BCUT2D eigenvalue weighted by atomic mass is 9.39. The zero-order chi connectivity index (χ0) is 59.0. The second-order valence-corrected chi connectivity index (χ2v) is 29.1. The van der Waals surface area contributed by atoms with Crippen LogP contribution in [0.15, 0.2) is 224 Å². The molecule has 2 aliphatic rings. The van der Waals surface area contributed by atoms with Gasteiger partial charge in [0.05, 0.1) is 11.4 Å². The van der Waals surface area contributed by atoms with Crippen LogP contribution in [0.1, 0.15) is 79.0 Å². The first-order valence-electron chi connectivity index (χ1n) is 30.1. The molecule has 0 unspecified atom stereocenters. The molecule has 0 aliphatic carbocycles. The van der Waals surface area contributed by atoms with Crippen LogP contribution in [0.2, 0.25) is 0 Å². The van der Waals surface area contributed by atoms with Crippen molar-refractivity contribution in [3.05, 3.63) is 223 Å². The van der Waals surface area contributed by atoms with Crippen LogP contribution in [-0.2, 0) is 16.2 Å². The highest BCUT2D eigenvalue weighted by atomic mass is 32.1. The molecule has 87 heavy (non-hydrogen) atoms. The fraction of sp³-hybridized carbons (Fsp3) is 0.154. The van der Waals surface area contributed by atoms with E-state index in [2.05, 4.69) is 254 Å². The molecule has 0 fully saturated rings. The molecule has 9 heteroatoms. The van der Waals surface area contributed by atoms with Gasteiger partial charge in [0.2, 0.25) is 0 Å². The van der Waals surface area contributed by atoms with Gasteiger partial charge in [0, 0.05) is 96.3 Å². The van der Waals surface area contributed by atoms with Crippen LogP contribution >= 0.6 is 22.7 Å². The minimum Gasteiger partial charge on any atom is -0.456 e. The van der Waals surface area contributed by atoms with Gasteiger partial charge in [0.15, 0.2) is 0 Å². The summed E-state index contributed by atoms with van der Waals surface area (Å²) in [5.74, 6) is 3.17. The lowest BCUT2D eigenvalue weighted by Gasteiger charge is -2.43. The fourth-order valence-corrected chi connectivity index (χ4v) is 16.1. The molecule has 0 bridgehead atoms. The minimum absolute atomic E-state index is 0.102. The van der Waals surface area contributed by atoms with Gasteiger partial charge in [-0.05, 0) is 160 Å². The molecule has 0 radical (unpaired) electrons. The molecule has 6 aromatic heterocycles. The molecule has 9 aromatic carbocycles. The monoisotopic (exact) mass is 1160 g/mol. The Morgan fingerprint density at radius 1 is 0.333 bits per heavy atom. The summed E-state index contributed by atoms with van der Waals surface area (Å²) >= 11 is 3.88.